The van der Waals surface area contributed by atoms with E-state index in [0.717, 1.165) is 32.1 Å². The van der Waals surface area contributed by atoms with Crippen molar-refractivity contribution in [2.45, 2.75) is 26.8 Å². The first kappa shape index (κ1) is 16.2. The zero-order valence-corrected chi connectivity index (χ0v) is 11.9. The van der Waals surface area contributed by atoms with Gasteiger partial charge < -0.3 is 15.4 Å². The highest BCUT2D eigenvalue weighted by atomic mass is 16.5. The van der Waals surface area contributed by atoms with Crippen LogP contribution in [-0.2, 0) is 4.74 Å². The van der Waals surface area contributed by atoms with Gasteiger partial charge >= 0.3 is 0 Å². The molecule has 0 aromatic carbocycles. The zero-order valence-electron chi connectivity index (χ0n) is 11.9. The number of methoxy groups -OCH3 is 1. The first-order valence-electron chi connectivity index (χ1n) is 6.33. The molecule has 0 heterocycles. The van der Waals surface area contributed by atoms with E-state index in [-0.39, 0.29) is 0 Å². The Morgan fingerprint density at radius 2 is 1.94 bits per heavy atom. The quantitative estimate of drug-likeness (QED) is 0.371. The van der Waals surface area contributed by atoms with Crippen molar-refractivity contribution in [3.8, 4) is 0 Å². The van der Waals surface area contributed by atoms with Crippen LogP contribution in [0.1, 0.15) is 20.8 Å². The van der Waals surface area contributed by atoms with Gasteiger partial charge in [-0.2, -0.15) is 0 Å². The Morgan fingerprint density at radius 1 is 1.29 bits per heavy atom. The van der Waals surface area contributed by atoms with Crippen LogP contribution >= 0.6 is 0 Å². The molecule has 0 saturated carbocycles. The summed E-state index contributed by atoms with van der Waals surface area (Å²) in [6.45, 7) is 11.1. The molecule has 0 aliphatic heterocycles. The van der Waals surface area contributed by atoms with Gasteiger partial charge in [0, 0.05) is 39.8 Å². The minimum Gasteiger partial charge on any atom is -0.383 e. The van der Waals surface area contributed by atoms with E-state index in [4.69, 9.17) is 4.74 Å². The SMILES string of the molecule is CCN(CCNC(=NC)NCCOC)C(C)C. The lowest BCUT2D eigenvalue weighted by Crippen LogP contribution is -2.43. The zero-order chi connectivity index (χ0) is 13.1. The predicted octanol–water partition coefficient (Wildman–Crippen LogP) is 0.528. The molecule has 17 heavy (non-hydrogen) atoms. The van der Waals surface area contributed by atoms with Gasteiger partial charge in [-0.25, -0.2) is 0 Å². The maximum atomic E-state index is 4.97. The third kappa shape index (κ3) is 7.99. The lowest BCUT2D eigenvalue weighted by molar-refractivity contribution is 0.203. The molecule has 0 fully saturated rings. The van der Waals surface area contributed by atoms with Gasteiger partial charge in [0.05, 0.1) is 6.61 Å². The Morgan fingerprint density at radius 3 is 2.41 bits per heavy atom. The highest BCUT2D eigenvalue weighted by molar-refractivity contribution is 5.79. The number of hydrogen-bond donors (Lipinski definition) is 2. The second-order valence-corrected chi connectivity index (χ2v) is 4.14. The molecule has 0 spiro atoms. The van der Waals surface area contributed by atoms with Gasteiger partial charge in [-0.05, 0) is 20.4 Å². The van der Waals surface area contributed by atoms with Crippen LogP contribution < -0.4 is 10.6 Å². The number of rotatable bonds is 8. The first-order chi connectivity index (χ1) is 8.15. The van der Waals surface area contributed by atoms with Crippen LogP contribution in [0.3, 0.4) is 0 Å². The van der Waals surface area contributed by atoms with Crippen LogP contribution in [0.2, 0.25) is 0 Å². The van der Waals surface area contributed by atoms with Gasteiger partial charge in [0.1, 0.15) is 0 Å². The standard InChI is InChI=1S/C12H28N4O/c1-6-16(11(2)3)9-7-14-12(13-4)15-8-10-17-5/h11H,6-10H2,1-5H3,(H2,13,14,15). The number of aliphatic imine (C=N–C) groups is 1. The van der Waals surface area contributed by atoms with Crippen molar-refractivity contribution in [2.24, 2.45) is 4.99 Å². The molecule has 0 bridgehead atoms. The minimum atomic E-state index is 0.588. The molecule has 0 rings (SSSR count). The van der Waals surface area contributed by atoms with E-state index in [1.54, 1.807) is 14.2 Å². The molecule has 0 aromatic heterocycles. The van der Waals surface area contributed by atoms with Crippen LogP contribution in [0, 0.1) is 0 Å². The largest absolute Gasteiger partial charge is 0.383 e. The molecule has 5 nitrogen and oxygen atoms in total. The Balaban J connectivity index is 3.76. The third-order valence-electron chi connectivity index (χ3n) is 2.65. The molecular weight excluding hydrogens is 216 g/mol. The monoisotopic (exact) mass is 244 g/mol. The van der Waals surface area contributed by atoms with E-state index in [1.165, 1.54) is 0 Å². The van der Waals surface area contributed by atoms with Gasteiger partial charge in [-0.1, -0.05) is 6.92 Å². The normalized spacial score (nSPS) is 12.3. The average molecular weight is 244 g/mol. The van der Waals surface area contributed by atoms with E-state index in [1.807, 2.05) is 0 Å². The minimum absolute atomic E-state index is 0.588. The van der Waals surface area contributed by atoms with Gasteiger partial charge in [0.15, 0.2) is 5.96 Å². The van der Waals surface area contributed by atoms with Crippen LogP contribution in [0.25, 0.3) is 0 Å². The van der Waals surface area contributed by atoms with Crippen LogP contribution in [0.15, 0.2) is 4.99 Å². The number of likely N-dealkylation sites (N-methyl/N-ethyl adjacent to an activating group) is 1. The van der Waals surface area contributed by atoms with Crippen molar-refractivity contribution >= 4 is 5.96 Å². The fraction of sp³-hybridized carbons (Fsp3) is 0.917. The van der Waals surface area contributed by atoms with Crippen LogP contribution in [0.4, 0.5) is 0 Å². The van der Waals surface area contributed by atoms with E-state index in [9.17, 15) is 0 Å². The van der Waals surface area contributed by atoms with Gasteiger partial charge in [-0.3, -0.25) is 9.89 Å². The van der Waals surface area contributed by atoms with Gasteiger partial charge in [-0.15, -0.1) is 0 Å². The Bertz CT molecular complexity index is 207. The van der Waals surface area contributed by atoms with Crippen molar-refractivity contribution in [3.05, 3.63) is 0 Å². The second-order valence-electron chi connectivity index (χ2n) is 4.14. The molecule has 0 aliphatic rings. The summed E-state index contributed by atoms with van der Waals surface area (Å²) in [5.74, 6) is 0.835. The molecule has 0 unspecified atom stereocenters. The van der Waals surface area contributed by atoms with Crippen LogP contribution in [0.5, 0.6) is 0 Å². The molecule has 0 aliphatic carbocycles. The molecule has 5 heteroatoms. The fourth-order valence-corrected chi connectivity index (χ4v) is 1.59. The Labute approximate surface area is 106 Å². The number of hydrogen-bond acceptors (Lipinski definition) is 3. The summed E-state index contributed by atoms with van der Waals surface area (Å²) < 4.78 is 4.97. The van der Waals surface area contributed by atoms with Crippen molar-refractivity contribution in [3.63, 3.8) is 0 Å². The molecule has 2 N–H and O–H groups in total. The summed E-state index contributed by atoms with van der Waals surface area (Å²) in [5, 5.41) is 6.48. The third-order valence-corrected chi connectivity index (χ3v) is 2.65. The lowest BCUT2D eigenvalue weighted by Gasteiger charge is -2.25. The highest BCUT2D eigenvalue weighted by Crippen LogP contribution is 1.95. The van der Waals surface area contributed by atoms with E-state index in [0.29, 0.717) is 12.6 Å². The molecule has 102 valence electrons. The summed E-state index contributed by atoms with van der Waals surface area (Å²) in [6.07, 6.45) is 0. The molecule has 0 saturated heterocycles. The summed E-state index contributed by atoms with van der Waals surface area (Å²) in [6, 6.07) is 0.588. The van der Waals surface area contributed by atoms with Crippen molar-refractivity contribution in [1.29, 1.82) is 0 Å². The summed E-state index contributed by atoms with van der Waals surface area (Å²) in [4.78, 5) is 6.56. The molecule has 0 radical (unpaired) electrons. The van der Waals surface area contributed by atoms with Crippen molar-refractivity contribution in [1.82, 2.24) is 15.5 Å². The maximum absolute atomic E-state index is 4.97. The van der Waals surface area contributed by atoms with E-state index in [2.05, 4.69) is 41.3 Å². The molecule has 0 atom stereocenters. The Hall–Kier alpha value is -0.810. The lowest BCUT2D eigenvalue weighted by atomic mass is 10.3. The summed E-state index contributed by atoms with van der Waals surface area (Å²) >= 11 is 0. The number of nitrogens with one attached hydrogen (secondary N) is 2. The van der Waals surface area contributed by atoms with Gasteiger partial charge in [0.25, 0.3) is 0 Å². The van der Waals surface area contributed by atoms with Crippen LogP contribution in [-0.4, -0.2) is 63.8 Å². The van der Waals surface area contributed by atoms with E-state index < -0.39 is 0 Å². The maximum Gasteiger partial charge on any atom is 0.191 e. The predicted molar refractivity (Wildman–Crippen MR) is 73.6 cm³/mol. The highest BCUT2D eigenvalue weighted by Gasteiger charge is 2.06. The first-order valence-corrected chi connectivity index (χ1v) is 6.33. The number of nitrogens with zero attached hydrogens (tertiary/aromatic N) is 2. The van der Waals surface area contributed by atoms with E-state index >= 15 is 0 Å². The van der Waals surface area contributed by atoms with Gasteiger partial charge in [0.2, 0.25) is 0 Å². The number of guanidine groups is 1. The second kappa shape index (κ2) is 10.4. The topological polar surface area (TPSA) is 48.9 Å². The molecule has 0 amide bonds. The molecular formula is C12H28N4O. The Kier molecular flexibility index (Phi) is 9.86. The smallest absolute Gasteiger partial charge is 0.191 e. The summed E-state index contributed by atoms with van der Waals surface area (Å²) in [7, 11) is 3.47. The van der Waals surface area contributed by atoms with Crippen molar-refractivity contribution in [2.75, 3.05) is 46.9 Å². The molecule has 0 aromatic rings. The average Bonchev–Trinajstić information content (AvgIpc) is 2.32. The number of ether oxygens (including phenoxy) is 1. The fourth-order valence-electron chi connectivity index (χ4n) is 1.59. The summed E-state index contributed by atoms with van der Waals surface area (Å²) in [5.41, 5.74) is 0. The van der Waals surface area contributed by atoms with Crippen molar-refractivity contribution < 1.29 is 4.74 Å².